The number of carbonyl (C=O) groups excluding carboxylic acids is 1. The zero-order valence-corrected chi connectivity index (χ0v) is 15.4. The van der Waals surface area contributed by atoms with Crippen molar-refractivity contribution in [3.8, 4) is 11.5 Å². The molecule has 0 bridgehead atoms. The Bertz CT molecular complexity index is 1030. The second-order valence-electron chi connectivity index (χ2n) is 5.72. The molecular formula is C19H14ClN3O5. The molecule has 1 aromatic heterocycles. The topological polar surface area (TPSA) is 108 Å². The number of carbonyl (C=O) groups is 1. The summed E-state index contributed by atoms with van der Waals surface area (Å²) in [6.45, 7) is 1.60. The van der Waals surface area contributed by atoms with E-state index in [0.717, 1.165) is 0 Å². The van der Waals surface area contributed by atoms with Crippen molar-refractivity contribution in [1.82, 2.24) is 10.2 Å². The third-order valence-corrected chi connectivity index (χ3v) is 3.90. The van der Waals surface area contributed by atoms with Crippen molar-refractivity contribution >= 4 is 29.3 Å². The minimum atomic E-state index is -0.755. The lowest BCUT2D eigenvalue weighted by molar-refractivity contribution is -0.384. The average Bonchev–Trinajstić information content (AvgIpc) is 3.17. The van der Waals surface area contributed by atoms with Crippen molar-refractivity contribution in [2.75, 3.05) is 0 Å². The molecule has 0 aliphatic carbocycles. The maximum absolute atomic E-state index is 12.0. The Balaban J connectivity index is 1.62. The highest BCUT2D eigenvalue weighted by Crippen LogP contribution is 2.24. The average molecular weight is 400 g/mol. The second-order valence-corrected chi connectivity index (χ2v) is 6.15. The van der Waals surface area contributed by atoms with Gasteiger partial charge in [-0.1, -0.05) is 17.7 Å². The van der Waals surface area contributed by atoms with Crippen LogP contribution in [-0.4, -0.2) is 21.1 Å². The van der Waals surface area contributed by atoms with Crippen LogP contribution in [0.5, 0.6) is 0 Å². The molecule has 8 nitrogen and oxygen atoms in total. The number of halogens is 1. The first-order chi connectivity index (χ1) is 13.4. The van der Waals surface area contributed by atoms with Gasteiger partial charge in [0, 0.05) is 28.8 Å². The third kappa shape index (κ3) is 4.80. The molecule has 142 valence electrons. The minimum absolute atomic E-state index is 0.0275. The highest BCUT2D eigenvalue weighted by molar-refractivity contribution is 6.30. The second kappa shape index (κ2) is 8.45. The fraction of sp³-hybridized carbons (Fsp3) is 0.105. The fourth-order valence-electron chi connectivity index (χ4n) is 2.27. The van der Waals surface area contributed by atoms with Gasteiger partial charge < -0.3 is 9.15 Å². The number of ether oxygens (including phenoxy) is 1. The molecule has 0 fully saturated rings. The smallest absolute Gasteiger partial charge is 0.331 e. The van der Waals surface area contributed by atoms with E-state index in [-0.39, 0.29) is 17.5 Å². The molecule has 0 spiro atoms. The summed E-state index contributed by atoms with van der Waals surface area (Å²) in [7, 11) is 0. The van der Waals surface area contributed by atoms with Crippen molar-refractivity contribution in [2.45, 2.75) is 13.0 Å². The summed E-state index contributed by atoms with van der Waals surface area (Å²) in [5, 5.41) is 19.0. The van der Waals surface area contributed by atoms with Crippen LogP contribution < -0.4 is 0 Å². The van der Waals surface area contributed by atoms with Gasteiger partial charge in [-0.05, 0) is 48.9 Å². The Kier molecular flexibility index (Phi) is 5.81. The number of nitrogens with zero attached hydrogens (tertiary/aromatic N) is 3. The highest BCUT2D eigenvalue weighted by Gasteiger charge is 2.18. The molecule has 9 heteroatoms. The van der Waals surface area contributed by atoms with Gasteiger partial charge in [0.1, 0.15) is 0 Å². The first-order valence-electron chi connectivity index (χ1n) is 8.15. The van der Waals surface area contributed by atoms with Gasteiger partial charge >= 0.3 is 5.97 Å². The molecule has 0 radical (unpaired) electrons. The number of rotatable bonds is 6. The maximum atomic E-state index is 12.0. The van der Waals surface area contributed by atoms with Crippen LogP contribution in [0, 0.1) is 10.1 Å². The zero-order chi connectivity index (χ0) is 20.1. The first-order valence-corrected chi connectivity index (χ1v) is 8.52. The van der Waals surface area contributed by atoms with Crippen molar-refractivity contribution in [1.29, 1.82) is 0 Å². The molecule has 0 saturated heterocycles. The summed E-state index contributed by atoms with van der Waals surface area (Å²) in [6, 6.07) is 12.7. The molecule has 1 atom stereocenters. The summed E-state index contributed by atoms with van der Waals surface area (Å²) >= 11 is 5.94. The van der Waals surface area contributed by atoms with Gasteiger partial charge in [0.05, 0.1) is 4.92 Å². The van der Waals surface area contributed by atoms with Gasteiger partial charge in [0.15, 0.2) is 6.10 Å². The predicted octanol–water partition coefficient (Wildman–Crippen LogP) is 4.62. The monoisotopic (exact) mass is 399 g/mol. The van der Waals surface area contributed by atoms with E-state index in [1.165, 1.54) is 36.4 Å². The number of non-ortho nitro benzene ring substituents is 1. The highest BCUT2D eigenvalue weighted by atomic mass is 35.5. The lowest BCUT2D eigenvalue weighted by atomic mass is 10.2. The Morgan fingerprint density at radius 2 is 2.00 bits per heavy atom. The Morgan fingerprint density at radius 1 is 1.25 bits per heavy atom. The summed E-state index contributed by atoms with van der Waals surface area (Å²) in [5.41, 5.74) is 1.25. The predicted molar refractivity (Wildman–Crippen MR) is 101 cm³/mol. The van der Waals surface area contributed by atoms with E-state index < -0.39 is 17.0 Å². The third-order valence-electron chi connectivity index (χ3n) is 3.67. The molecule has 0 saturated carbocycles. The van der Waals surface area contributed by atoms with Crippen LogP contribution in [-0.2, 0) is 9.53 Å². The van der Waals surface area contributed by atoms with Crippen LogP contribution in [0.2, 0.25) is 5.02 Å². The molecule has 0 amide bonds. The molecule has 2 aromatic carbocycles. The van der Waals surface area contributed by atoms with Crippen LogP contribution in [0.15, 0.2) is 59.0 Å². The SMILES string of the molecule is C[C@H](OC(=O)/C=C/c1ccc([N+](=O)[O-])cc1)c1nnc(-c2cccc(Cl)c2)o1. The molecule has 3 rings (SSSR count). The van der Waals surface area contributed by atoms with Gasteiger partial charge in [-0.2, -0.15) is 0 Å². The Hall–Kier alpha value is -3.52. The van der Waals surface area contributed by atoms with E-state index in [4.69, 9.17) is 20.8 Å². The van der Waals surface area contributed by atoms with Crippen molar-refractivity contribution in [2.24, 2.45) is 0 Å². The van der Waals surface area contributed by atoms with E-state index in [0.29, 0.717) is 16.1 Å². The number of nitro benzene ring substituents is 1. The largest absolute Gasteiger partial charge is 0.449 e. The van der Waals surface area contributed by atoms with Gasteiger partial charge in [0.25, 0.3) is 11.6 Å². The van der Waals surface area contributed by atoms with Gasteiger partial charge in [-0.25, -0.2) is 4.79 Å². The minimum Gasteiger partial charge on any atom is -0.449 e. The van der Waals surface area contributed by atoms with Crippen molar-refractivity contribution < 1.29 is 18.9 Å². The standard InChI is InChI=1S/C19H14ClN3O5/c1-12(18-21-22-19(28-18)14-3-2-4-15(20)11-14)27-17(24)10-7-13-5-8-16(9-6-13)23(25)26/h2-12H,1H3/b10-7+/t12-/m0/s1. The number of hydrogen-bond donors (Lipinski definition) is 0. The molecule has 0 N–H and O–H groups in total. The van der Waals surface area contributed by atoms with Crippen LogP contribution >= 0.6 is 11.6 Å². The van der Waals surface area contributed by atoms with Crippen LogP contribution in [0.25, 0.3) is 17.5 Å². The summed E-state index contributed by atoms with van der Waals surface area (Å²) < 4.78 is 10.8. The number of hydrogen-bond acceptors (Lipinski definition) is 7. The Labute approximate surface area is 164 Å². The maximum Gasteiger partial charge on any atom is 0.331 e. The van der Waals surface area contributed by atoms with E-state index >= 15 is 0 Å². The van der Waals surface area contributed by atoms with E-state index in [1.807, 2.05) is 0 Å². The molecular weight excluding hydrogens is 386 g/mol. The number of nitro groups is 1. The van der Waals surface area contributed by atoms with E-state index in [1.54, 1.807) is 31.2 Å². The summed E-state index contributed by atoms with van der Waals surface area (Å²) in [5.74, 6) is -0.206. The molecule has 3 aromatic rings. The zero-order valence-electron chi connectivity index (χ0n) is 14.6. The van der Waals surface area contributed by atoms with Crippen molar-refractivity contribution in [3.05, 3.63) is 81.2 Å². The number of benzene rings is 2. The molecule has 0 aliphatic rings. The van der Waals surface area contributed by atoms with Crippen LogP contribution in [0.1, 0.15) is 24.5 Å². The van der Waals surface area contributed by atoms with Crippen molar-refractivity contribution in [3.63, 3.8) is 0 Å². The van der Waals surface area contributed by atoms with Gasteiger partial charge in [0.2, 0.25) is 5.89 Å². The van der Waals surface area contributed by atoms with Gasteiger partial charge in [-0.15, -0.1) is 10.2 Å². The van der Waals surface area contributed by atoms with Crippen LogP contribution in [0.3, 0.4) is 0 Å². The summed E-state index contributed by atoms with van der Waals surface area (Å²) in [4.78, 5) is 22.1. The lowest BCUT2D eigenvalue weighted by Crippen LogP contribution is -2.06. The number of aromatic nitrogens is 2. The molecule has 28 heavy (non-hydrogen) atoms. The lowest BCUT2D eigenvalue weighted by Gasteiger charge is -2.06. The van der Waals surface area contributed by atoms with E-state index in [9.17, 15) is 14.9 Å². The first kappa shape index (κ1) is 19.2. The fourth-order valence-corrected chi connectivity index (χ4v) is 2.46. The number of esters is 1. The molecule has 0 aliphatic heterocycles. The summed E-state index contributed by atoms with van der Waals surface area (Å²) in [6.07, 6.45) is 1.95. The van der Waals surface area contributed by atoms with Gasteiger partial charge in [-0.3, -0.25) is 10.1 Å². The molecule has 1 heterocycles. The van der Waals surface area contributed by atoms with Crippen LogP contribution in [0.4, 0.5) is 5.69 Å². The quantitative estimate of drug-likeness (QED) is 0.257. The molecule has 0 unspecified atom stereocenters. The van der Waals surface area contributed by atoms with E-state index in [2.05, 4.69) is 10.2 Å². The Morgan fingerprint density at radius 3 is 2.68 bits per heavy atom. The normalized spacial score (nSPS) is 12.1.